The van der Waals surface area contributed by atoms with Crippen molar-refractivity contribution in [3.63, 3.8) is 0 Å². The van der Waals surface area contributed by atoms with E-state index in [-0.39, 0.29) is 24.0 Å². The Labute approximate surface area is 227 Å². The fourth-order valence-electron chi connectivity index (χ4n) is 5.23. The maximum absolute atomic E-state index is 13.7. The molecule has 2 aliphatic rings. The molecule has 2 atom stereocenters. The molecule has 0 spiro atoms. The second kappa shape index (κ2) is 10.5. The third-order valence-corrected chi connectivity index (χ3v) is 7.78. The van der Waals surface area contributed by atoms with E-state index in [1.165, 1.54) is 40.6 Å². The van der Waals surface area contributed by atoms with E-state index in [1.807, 2.05) is 22.1 Å². The Balaban J connectivity index is 1.23. The van der Waals surface area contributed by atoms with E-state index in [9.17, 15) is 18.4 Å². The zero-order valence-electron chi connectivity index (χ0n) is 20.8. The highest BCUT2D eigenvalue weighted by atomic mass is 32.1. The van der Waals surface area contributed by atoms with E-state index in [0.717, 1.165) is 46.6 Å². The lowest BCUT2D eigenvalue weighted by Crippen LogP contribution is -2.34. The summed E-state index contributed by atoms with van der Waals surface area (Å²) in [5.74, 6) is -1.81. The fourth-order valence-corrected chi connectivity index (χ4v) is 5.95. The SMILES string of the molecule is O=C(Cc1cn2ccsc2n1)OCC(=O)N1N=C2C(=Cc3ccc(F)cc3)CCCC2C1c1ccc(F)cc1. The monoisotopic (exact) mass is 546 g/mol. The van der Waals surface area contributed by atoms with Gasteiger partial charge in [0.1, 0.15) is 11.6 Å². The summed E-state index contributed by atoms with van der Waals surface area (Å²) in [5, 5.41) is 8.00. The summed E-state index contributed by atoms with van der Waals surface area (Å²) in [6.45, 7) is -0.473. The quantitative estimate of drug-likeness (QED) is 0.296. The minimum absolute atomic E-state index is 0.0508. The van der Waals surface area contributed by atoms with Crippen LogP contribution in [0.1, 0.15) is 42.1 Å². The van der Waals surface area contributed by atoms with Crippen LogP contribution < -0.4 is 0 Å². The second-order valence-electron chi connectivity index (χ2n) is 9.60. The van der Waals surface area contributed by atoms with Crippen LogP contribution in [0.25, 0.3) is 11.0 Å². The molecule has 0 radical (unpaired) electrons. The van der Waals surface area contributed by atoms with Crippen LogP contribution in [0.2, 0.25) is 0 Å². The van der Waals surface area contributed by atoms with Gasteiger partial charge < -0.3 is 4.74 Å². The maximum Gasteiger partial charge on any atom is 0.312 e. The predicted molar refractivity (Wildman–Crippen MR) is 143 cm³/mol. The number of thiazole rings is 1. The maximum atomic E-state index is 13.7. The topological polar surface area (TPSA) is 76.3 Å². The Morgan fingerprint density at radius 1 is 1.08 bits per heavy atom. The molecule has 1 aliphatic heterocycles. The number of hydrazone groups is 1. The molecule has 10 heteroatoms. The van der Waals surface area contributed by atoms with Crippen molar-refractivity contribution in [2.24, 2.45) is 11.0 Å². The number of hydrogen-bond donors (Lipinski definition) is 0. The van der Waals surface area contributed by atoms with Crippen molar-refractivity contribution >= 4 is 40.0 Å². The number of carbonyl (C=O) groups excluding carboxylic acids is 2. The number of hydrogen-bond acceptors (Lipinski definition) is 6. The average Bonchev–Trinajstić information content (AvgIpc) is 3.63. The van der Waals surface area contributed by atoms with Gasteiger partial charge >= 0.3 is 5.97 Å². The molecule has 0 bridgehead atoms. The van der Waals surface area contributed by atoms with Gasteiger partial charge in [0, 0.05) is 23.7 Å². The van der Waals surface area contributed by atoms with Crippen LogP contribution in [0.5, 0.6) is 0 Å². The minimum atomic E-state index is -0.561. The van der Waals surface area contributed by atoms with Crippen molar-refractivity contribution in [1.29, 1.82) is 0 Å². The lowest BCUT2D eigenvalue weighted by Gasteiger charge is -2.29. The van der Waals surface area contributed by atoms with Crippen molar-refractivity contribution < 1.29 is 23.1 Å². The number of allylic oxidation sites excluding steroid dienone is 1. The van der Waals surface area contributed by atoms with E-state index in [2.05, 4.69) is 4.98 Å². The highest BCUT2D eigenvalue weighted by Gasteiger charge is 2.43. The van der Waals surface area contributed by atoms with Crippen LogP contribution in [0, 0.1) is 17.6 Å². The van der Waals surface area contributed by atoms with Gasteiger partial charge in [-0.2, -0.15) is 5.10 Å². The third kappa shape index (κ3) is 5.24. The molecule has 2 aromatic carbocycles. The molecule has 39 heavy (non-hydrogen) atoms. The smallest absolute Gasteiger partial charge is 0.312 e. The molecule has 0 N–H and O–H groups in total. The molecule has 1 aliphatic carbocycles. The molecule has 6 rings (SSSR count). The zero-order chi connectivity index (χ0) is 26.9. The summed E-state index contributed by atoms with van der Waals surface area (Å²) in [5.41, 5.74) is 3.90. The number of rotatable bonds is 6. The summed E-state index contributed by atoms with van der Waals surface area (Å²) in [6, 6.07) is 11.8. The molecule has 1 fully saturated rings. The highest BCUT2D eigenvalue weighted by molar-refractivity contribution is 7.15. The number of benzene rings is 2. The highest BCUT2D eigenvalue weighted by Crippen LogP contribution is 2.44. The van der Waals surface area contributed by atoms with Gasteiger partial charge in [-0.1, -0.05) is 24.3 Å². The van der Waals surface area contributed by atoms with Gasteiger partial charge in [0.2, 0.25) is 0 Å². The molecule has 3 heterocycles. The summed E-state index contributed by atoms with van der Waals surface area (Å²) in [7, 11) is 0. The Morgan fingerprint density at radius 2 is 1.82 bits per heavy atom. The van der Waals surface area contributed by atoms with Crippen LogP contribution in [0.4, 0.5) is 8.78 Å². The van der Waals surface area contributed by atoms with Gasteiger partial charge in [0.15, 0.2) is 11.6 Å². The minimum Gasteiger partial charge on any atom is -0.455 e. The standard InChI is InChI=1S/C29H24F2N4O3S/c30-21-8-4-18(5-9-21)14-20-2-1-3-24-27(20)33-35(28(24)19-6-10-22(31)11-7-19)25(36)17-38-26(37)15-23-16-34-12-13-39-29(34)32-23/h4-14,16,24,28H,1-3,15,17H2. The first-order chi connectivity index (χ1) is 18.9. The van der Waals surface area contributed by atoms with Gasteiger partial charge in [-0.05, 0) is 66.3 Å². The van der Waals surface area contributed by atoms with E-state index in [0.29, 0.717) is 5.69 Å². The van der Waals surface area contributed by atoms with Crippen molar-refractivity contribution in [3.8, 4) is 0 Å². The molecule has 1 saturated carbocycles. The summed E-state index contributed by atoms with van der Waals surface area (Å²) in [4.78, 5) is 31.0. The van der Waals surface area contributed by atoms with Crippen molar-refractivity contribution in [3.05, 3.63) is 100 Å². The summed E-state index contributed by atoms with van der Waals surface area (Å²) < 4.78 is 34.3. The van der Waals surface area contributed by atoms with E-state index in [4.69, 9.17) is 9.84 Å². The molecule has 2 aromatic heterocycles. The molecule has 1 amide bonds. The van der Waals surface area contributed by atoms with E-state index < -0.39 is 24.5 Å². The summed E-state index contributed by atoms with van der Waals surface area (Å²) in [6.07, 6.45) is 7.97. The molecule has 7 nitrogen and oxygen atoms in total. The van der Waals surface area contributed by atoms with E-state index in [1.54, 1.807) is 30.5 Å². The number of esters is 1. The number of imidazole rings is 1. The second-order valence-corrected chi connectivity index (χ2v) is 10.5. The Hall–Kier alpha value is -4.18. The Morgan fingerprint density at radius 3 is 2.56 bits per heavy atom. The first-order valence-electron chi connectivity index (χ1n) is 12.6. The molecular weight excluding hydrogens is 522 g/mol. The Kier molecular flexibility index (Phi) is 6.78. The number of aromatic nitrogens is 2. The Bertz CT molecular complexity index is 1560. The third-order valence-electron chi connectivity index (χ3n) is 7.00. The lowest BCUT2D eigenvalue weighted by atomic mass is 9.77. The number of carbonyl (C=O) groups is 2. The number of fused-ring (bicyclic) bond motifs is 2. The molecule has 4 aromatic rings. The van der Waals surface area contributed by atoms with Gasteiger partial charge in [0.05, 0.1) is 23.9 Å². The molecule has 198 valence electrons. The zero-order valence-corrected chi connectivity index (χ0v) is 21.6. The fraction of sp³-hybridized carbons (Fsp3) is 0.241. The molecule has 0 saturated heterocycles. The first kappa shape index (κ1) is 25.1. The number of ether oxygens (including phenoxy) is 1. The normalized spacial score (nSPS) is 19.8. The largest absolute Gasteiger partial charge is 0.455 e. The molecular formula is C29H24F2N4O3S. The van der Waals surface area contributed by atoms with Crippen LogP contribution >= 0.6 is 11.3 Å². The van der Waals surface area contributed by atoms with Crippen molar-refractivity contribution in [1.82, 2.24) is 14.4 Å². The van der Waals surface area contributed by atoms with Crippen LogP contribution in [0.15, 0.2) is 77.0 Å². The first-order valence-corrected chi connectivity index (χ1v) is 13.5. The number of amides is 1. The molecule has 2 unspecified atom stereocenters. The lowest BCUT2D eigenvalue weighted by molar-refractivity contribution is -0.152. The van der Waals surface area contributed by atoms with Crippen molar-refractivity contribution in [2.45, 2.75) is 31.7 Å². The van der Waals surface area contributed by atoms with Crippen LogP contribution in [0.3, 0.4) is 0 Å². The predicted octanol–water partition coefficient (Wildman–Crippen LogP) is 5.58. The van der Waals surface area contributed by atoms with Crippen molar-refractivity contribution in [2.75, 3.05) is 6.61 Å². The van der Waals surface area contributed by atoms with E-state index >= 15 is 0 Å². The van der Waals surface area contributed by atoms with Crippen LogP contribution in [-0.4, -0.2) is 38.6 Å². The van der Waals surface area contributed by atoms with Gasteiger partial charge in [-0.25, -0.2) is 18.8 Å². The van der Waals surface area contributed by atoms with Gasteiger partial charge in [-0.15, -0.1) is 11.3 Å². The number of nitrogens with zero attached hydrogens (tertiary/aromatic N) is 4. The van der Waals surface area contributed by atoms with Gasteiger partial charge in [0.25, 0.3) is 5.91 Å². The average molecular weight is 547 g/mol. The number of halogens is 2. The van der Waals surface area contributed by atoms with Crippen LogP contribution in [-0.2, 0) is 20.7 Å². The van der Waals surface area contributed by atoms with Gasteiger partial charge in [-0.3, -0.25) is 14.0 Å². The summed E-state index contributed by atoms with van der Waals surface area (Å²) >= 11 is 1.46.